The summed E-state index contributed by atoms with van der Waals surface area (Å²) in [5.41, 5.74) is 2.04. The van der Waals surface area contributed by atoms with Gasteiger partial charge in [0.1, 0.15) is 13.2 Å². The minimum Gasteiger partial charge on any atom is -0.463 e. The number of alkyl halides is 3. The van der Waals surface area contributed by atoms with Gasteiger partial charge in [-0.25, -0.2) is 8.42 Å². The Hall–Kier alpha value is -3.73. The summed E-state index contributed by atoms with van der Waals surface area (Å²) in [4.78, 5) is 16.3. The number of fused-ring (bicyclic) bond motifs is 1. The van der Waals surface area contributed by atoms with Gasteiger partial charge in [0.15, 0.2) is 9.84 Å². The Labute approximate surface area is 256 Å². The van der Waals surface area contributed by atoms with Crippen LogP contribution in [0.2, 0.25) is 0 Å². The molecule has 2 N–H and O–H groups in total. The number of ether oxygens (including phenoxy) is 1. The van der Waals surface area contributed by atoms with Gasteiger partial charge in [-0.15, -0.1) is 0 Å². The van der Waals surface area contributed by atoms with E-state index in [-0.39, 0.29) is 35.7 Å². The Kier molecular flexibility index (Phi) is 10.8. The summed E-state index contributed by atoms with van der Waals surface area (Å²) in [6, 6.07) is 13.2. The molecule has 0 aliphatic carbocycles. The molecule has 238 valence electrons. The summed E-state index contributed by atoms with van der Waals surface area (Å²) in [6.45, 7) is 1.64. The lowest BCUT2D eigenvalue weighted by atomic mass is 10.0. The Morgan fingerprint density at radius 2 is 1.82 bits per heavy atom. The van der Waals surface area contributed by atoms with E-state index >= 15 is 0 Å². The van der Waals surface area contributed by atoms with Gasteiger partial charge in [-0.3, -0.25) is 9.69 Å². The molecule has 0 saturated carbocycles. The number of nitrogens with one attached hydrogen (secondary N) is 2. The number of hydrogen-bond acceptors (Lipinski definition) is 8. The van der Waals surface area contributed by atoms with Crippen molar-refractivity contribution in [2.24, 2.45) is 0 Å². The van der Waals surface area contributed by atoms with Crippen molar-refractivity contribution in [1.82, 2.24) is 14.4 Å². The number of halogens is 3. The number of esters is 1. The van der Waals surface area contributed by atoms with Crippen LogP contribution in [-0.2, 0) is 25.9 Å². The summed E-state index contributed by atoms with van der Waals surface area (Å²) < 4.78 is 70.5. The zero-order valence-electron chi connectivity index (χ0n) is 25.1. The number of rotatable bonds is 11. The van der Waals surface area contributed by atoms with Crippen LogP contribution in [0.15, 0.2) is 53.4 Å². The third-order valence-electron chi connectivity index (χ3n) is 7.26. The zero-order valence-corrected chi connectivity index (χ0v) is 25.9. The largest absolute Gasteiger partial charge is 0.463 e. The molecule has 2 heterocycles. The number of benzene rings is 2. The van der Waals surface area contributed by atoms with Crippen LogP contribution in [0.1, 0.15) is 18.5 Å². The van der Waals surface area contributed by atoms with E-state index in [0.717, 1.165) is 24.8 Å². The highest BCUT2D eigenvalue weighted by atomic mass is 32.2. The van der Waals surface area contributed by atoms with Crippen LogP contribution in [0.4, 0.5) is 24.5 Å². The molecule has 1 aliphatic rings. The van der Waals surface area contributed by atoms with Crippen molar-refractivity contribution in [3.63, 3.8) is 0 Å². The first-order valence-electron chi connectivity index (χ1n) is 14.3. The number of likely N-dealkylation sites (N-methyl/N-ethyl adjacent to an activating group) is 1. The van der Waals surface area contributed by atoms with E-state index in [1.165, 1.54) is 16.7 Å². The van der Waals surface area contributed by atoms with Crippen LogP contribution in [-0.4, -0.2) is 101 Å². The van der Waals surface area contributed by atoms with Crippen LogP contribution >= 0.6 is 0 Å². The fourth-order valence-electron chi connectivity index (χ4n) is 4.99. The molecule has 13 heteroatoms. The maximum Gasteiger partial charge on any atom is 0.406 e. The van der Waals surface area contributed by atoms with Gasteiger partial charge in [0.05, 0.1) is 29.2 Å². The number of nitrogens with zero attached hydrogens (tertiary/aromatic N) is 3. The molecule has 3 aromatic rings. The normalized spacial score (nSPS) is 14.8. The fraction of sp³-hybridized carbons (Fsp3) is 0.452. The van der Waals surface area contributed by atoms with Crippen LogP contribution in [0.5, 0.6) is 0 Å². The third-order valence-corrected chi connectivity index (χ3v) is 8.39. The number of carbonyl (C=O) groups is 1. The lowest BCUT2D eigenvalue weighted by Gasteiger charge is -2.32. The topological polar surface area (TPSA) is 95.9 Å². The quantitative estimate of drug-likeness (QED) is 0.241. The molecule has 0 bridgehead atoms. The molecule has 4 rings (SSSR count). The predicted octanol–water partition coefficient (Wildman–Crippen LogP) is 4.05. The summed E-state index contributed by atoms with van der Waals surface area (Å²) in [5.74, 6) is 5.52. The highest BCUT2D eigenvalue weighted by Crippen LogP contribution is 2.31. The van der Waals surface area contributed by atoms with E-state index < -0.39 is 22.6 Å². The van der Waals surface area contributed by atoms with Crippen molar-refractivity contribution < 1.29 is 31.1 Å². The van der Waals surface area contributed by atoms with E-state index in [2.05, 4.69) is 27.4 Å². The van der Waals surface area contributed by atoms with Crippen molar-refractivity contribution >= 4 is 38.1 Å². The van der Waals surface area contributed by atoms with Crippen molar-refractivity contribution in [2.45, 2.75) is 36.5 Å². The van der Waals surface area contributed by atoms with Crippen molar-refractivity contribution in [3.8, 4) is 11.8 Å². The maximum atomic E-state index is 13.6. The first kappa shape index (κ1) is 33.2. The minimum absolute atomic E-state index is 0.0976. The Morgan fingerprint density at radius 3 is 2.45 bits per heavy atom. The van der Waals surface area contributed by atoms with Crippen LogP contribution in [0.25, 0.3) is 10.9 Å². The molecule has 9 nitrogen and oxygen atoms in total. The van der Waals surface area contributed by atoms with Gasteiger partial charge in [0, 0.05) is 48.7 Å². The number of piperidine rings is 1. The zero-order chi connectivity index (χ0) is 31.9. The number of aromatic nitrogens is 1. The van der Waals surface area contributed by atoms with Gasteiger partial charge in [0.25, 0.3) is 0 Å². The predicted molar refractivity (Wildman–Crippen MR) is 166 cm³/mol. The van der Waals surface area contributed by atoms with Gasteiger partial charge in [0.2, 0.25) is 0 Å². The van der Waals surface area contributed by atoms with E-state index in [1.54, 1.807) is 30.3 Å². The minimum atomic E-state index is -4.44. The van der Waals surface area contributed by atoms with Gasteiger partial charge in [-0.1, -0.05) is 12.0 Å². The molecular weight excluding hydrogens is 595 g/mol. The second-order valence-electron chi connectivity index (χ2n) is 11.1. The summed E-state index contributed by atoms with van der Waals surface area (Å²) >= 11 is 0. The van der Waals surface area contributed by atoms with Crippen LogP contribution < -0.4 is 10.6 Å². The van der Waals surface area contributed by atoms with Gasteiger partial charge in [-0.05, 0) is 75.3 Å². The fourth-order valence-corrected chi connectivity index (χ4v) is 5.62. The molecule has 1 aliphatic heterocycles. The van der Waals surface area contributed by atoms with E-state index in [4.69, 9.17) is 4.74 Å². The number of likely N-dealkylation sites (tertiary alicyclic amines) is 1. The second-order valence-corrected chi connectivity index (χ2v) is 13.2. The SMILES string of the molecule is CN(C)CCOC(=O)CN1CCC(Nc2cccc3c2cc(C#CCNc2ccc(S(C)(=O)=O)cc2)n3CC(F)(F)F)CC1. The number of anilines is 2. The summed E-state index contributed by atoms with van der Waals surface area (Å²) in [6.07, 6.45) is -1.77. The molecule has 0 radical (unpaired) electrons. The Bertz CT molecular complexity index is 1600. The van der Waals surface area contributed by atoms with Gasteiger partial charge >= 0.3 is 12.1 Å². The standard InChI is InChI=1S/C31H38F3N5O4S/c1-37(2)18-19-43-30(40)21-38-16-13-24(14-17-38)36-28-7-4-8-29-27(28)20-25(39(29)22-31(32,33)34)6-5-15-35-23-9-11-26(12-10-23)44(3,41)42/h4,7-12,20,24,35-36H,13-19,21-22H2,1-3H3. The smallest absolute Gasteiger partial charge is 0.406 e. The molecule has 1 fully saturated rings. The first-order valence-corrected chi connectivity index (χ1v) is 16.2. The van der Waals surface area contributed by atoms with E-state index in [0.29, 0.717) is 42.8 Å². The number of carbonyl (C=O) groups excluding carboxylic acids is 1. The van der Waals surface area contributed by atoms with E-state index in [9.17, 15) is 26.4 Å². The average Bonchev–Trinajstić information content (AvgIpc) is 3.28. The summed E-state index contributed by atoms with van der Waals surface area (Å²) in [7, 11) is 0.514. The van der Waals surface area contributed by atoms with Gasteiger partial charge < -0.3 is 24.8 Å². The molecule has 0 unspecified atom stereocenters. The maximum absolute atomic E-state index is 13.6. The lowest BCUT2D eigenvalue weighted by molar-refractivity contribution is -0.145. The summed E-state index contributed by atoms with van der Waals surface area (Å²) in [5, 5.41) is 7.20. The van der Waals surface area contributed by atoms with Crippen molar-refractivity contribution in [1.29, 1.82) is 0 Å². The molecule has 0 amide bonds. The average molecular weight is 634 g/mol. The number of sulfone groups is 1. The molecule has 1 saturated heterocycles. The van der Waals surface area contributed by atoms with E-state index in [1.807, 2.05) is 25.1 Å². The molecule has 1 aromatic heterocycles. The van der Waals surface area contributed by atoms with Gasteiger partial charge in [-0.2, -0.15) is 13.2 Å². The molecule has 0 atom stereocenters. The molecular formula is C31H38F3N5O4S. The molecule has 0 spiro atoms. The lowest BCUT2D eigenvalue weighted by Crippen LogP contribution is -2.42. The second kappa shape index (κ2) is 14.4. The van der Waals surface area contributed by atoms with Crippen molar-refractivity contribution in [3.05, 3.63) is 54.2 Å². The molecule has 2 aromatic carbocycles. The number of hydrogen-bond donors (Lipinski definition) is 2. The highest BCUT2D eigenvalue weighted by Gasteiger charge is 2.30. The monoisotopic (exact) mass is 633 g/mol. The third kappa shape index (κ3) is 9.64. The van der Waals surface area contributed by atoms with Crippen LogP contribution in [0.3, 0.4) is 0 Å². The Balaban J connectivity index is 1.42. The molecule has 44 heavy (non-hydrogen) atoms. The van der Waals surface area contributed by atoms with Crippen LogP contribution in [0, 0.1) is 11.8 Å². The highest BCUT2D eigenvalue weighted by molar-refractivity contribution is 7.90. The first-order chi connectivity index (χ1) is 20.8. The van der Waals surface area contributed by atoms with Crippen molar-refractivity contribution in [2.75, 3.05) is 70.3 Å². The Morgan fingerprint density at radius 1 is 1.11 bits per heavy atom.